The van der Waals surface area contributed by atoms with E-state index in [4.69, 9.17) is 9.72 Å². The van der Waals surface area contributed by atoms with Crippen LogP contribution in [0.15, 0.2) is 66.0 Å². The Bertz CT molecular complexity index is 1750. The van der Waals surface area contributed by atoms with Crippen molar-refractivity contribution in [2.24, 2.45) is 0 Å². The van der Waals surface area contributed by atoms with Gasteiger partial charge in [-0.1, -0.05) is 24.3 Å². The predicted molar refractivity (Wildman–Crippen MR) is 135 cm³/mol. The molecule has 9 nitrogen and oxygen atoms in total. The fourth-order valence-electron chi connectivity index (χ4n) is 4.36. The molecule has 1 aliphatic rings. The molecule has 0 amide bonds. The molecule has 196 valence electrons. The first kappa shape index (κ1) is 24.6. The number of rotatable bonds is 6. The number of nitrogens with zero attached hydrogens (tertiary/aromatic N) is 7. The lowest BCUT2D eigenvalue weighted by atomic mass is 10.1. The number of hydrogen-bond donors (Lipinski definition) is 0. The summed E-state index contributed by atoms with van der Waals surface area (Å²) in [5, 5.41) is 0.663. The van der Waals surface area contributed by atoms with Crippen LogP contribution in [0.5, 0.6) is 5.88 Å². The van der Waals surface area contributed by atoms with Crippen molar-refractivity contribution in [2.75, 3.05) is 7.11 Å². The Morgan fingerprint density at radius 3 is 2.46 bits per heavy atom. The van der Waals surface area contributed by atoms with E-state index in [9.17, 15) is 18.0 Å². The fraction of sp³-hybridized carbons (Fsp3) is 0.222. The second kappa shape index (κ2) is 9.53. The number of alkyl halides is 3. The zero-order chi connectivity index (χ0) is 27.1. The maximum Gasteiger partial charge on any atom is 0.433 e. The van der Waals surface area contributed by atoms with Crippen LogP contribution in [0.2, 0.25) is 0 Å². The molecule has 0 unspecified atom stereocenters. The van der Waals surface area contributed by atoms with E-state index in [-0.39, 0.29) is 23.8 Å². The molecular formula is C27H20F3N7O2. The van der Waals surface area contributed by atoms with E-state index in [2.05, 4.69) is 24.9 Å². The summed E-state index contributed by atoms with van der Waals surface area (Å²) in [5.74, 6) is 0.969. The van der Waals surface area contributed by atoms with Gasteiger partial charge in [-0.25, -0.2) is 29.9 Å². The standard InChI is InChI=1S/C27H20F3N7O2/c1-39-26-21(22(16-6-7-16)33-14-34-26)24-32-12-18-8-9-20(38)37(25(18)36-24)13-15-2-4-17(5-3-15)23-31-11-10-19(35-23)27(28,29)30/h2-5,8-12,14,16H,6-7,13H2,1H3. The fourth-order valence-corrected chi connectivity index (χ4v) is 4.36. The van der Waals surface area contributed by atoms with Gasteiger partial charge in [-0.2, -0.15) is 13.2 Å². The molecule has 4 heterocycles. The largest absolute Gasteiger partial charge is 0.480 e. The summed E-state index contributed by atoms with van der Waals surface area (Å²) in [6.45, 7) is 0.175. The topological polar surface area (TPSA) is 109 Å². The third-order valence-electron chi connectivity index (χ3n) is 6.44. The molecule has 1 aromatic carbocycles. The molecule has 0 radical (unpaired) electrons. The van der Waals surface area contributed by atoms with Gasteiger partial charge < -0.3 is 4.74 Å². The molecule has 0 atom stereocenters. The van der Waals surface area contributed by atoms with Gasteiger partial charge in [0, 0.05) is 35.3 Å². The van der Waals surface area contributed by atoms with Gasteiger partial charge in [0.2, 0.25) is 5.88 Å². The number of aromatic nitrogens is 7. The summed E-state index contributed by atoms with van der Waals surface area (Å²) in [6, 6.07) is 10.6. The second-order valence-corrected chi connectivity index (χ2v) is 9.11. The first-order valence-electron chi connectivity index (χ1n) is 12.1. The molecule has 0 saturated heterocycles. The number of methoxy groups -OCH3 is 1. The normalized spacial score (nSPS) is 13.5. The summed E-state index contributed by atoms with van der Waals surface area (Å²) in [4.78, 5) is 38.5. The number of fused-ring (bicyclic) bond motifs is 1. The average molecular weight is 531 g/mol. The highest BCUT2D eigenvalue weighted by Crippen LogP contribution is 2.44. The number of pyridine rings is 1. The third-order valence-corrected chi connectivity index (χ3v) is 6.44. The van der Waals surface area contributed by atoms with Gasteiger partial charge in [-0.05, 0) is 30.5 Å². The Labute approximate surface area is 219 Å². The van der Waals surface area contributed by atoms with Crippen molar-refractivity contribution >= 4 is 11.0 Å². The van der Waals surface area contributed by atoms with Crippen LogP contribution in [0.3, 0.4) is 0 Å². The SMILES string of the molecule is COc1ncnc(C2CC2)c1-c1ncc2ccc(=O)n(Cc3ccc(-c4nccc(C(F)(F)F)n4)cc3)c2n1. The van der Waals surface area contributed by atoms with Crippen LogP contribution < -0.4 is 10.3 Å². The Morgan fingerprint density at radius 1 is 0.949 bits per heavy atom. The van der Waals surface area contributed by atoms with Crippen molar-refractivity contribution in [1.29, 1.82) is 0 Å². The van der Waals surface area contributed by atoms with Crippen molar-refractivity contribution in [2.45, 2.75) is 31.5 Å². The lowest BCUT2D eigenvalue weighted by Gasteiger charge is -2.13. The van der Waals surface area contributed by atoms with Crippen LogP contribution >= 0.6 is 0 Å². The zero-order valence-corrected chi connectivity index (χ0v) is 20.6. The second-order valence-electron chi connectivity index (χ2n) is 9.11. The third kappa shape index (κ3) is 4.80. The lowest BCUT2D eigenvalue weighted by Crippen LogP contribution is -2.21. The maximum absolute atomic E-state index is 13.1. The molecule has 39 heavy (non-hydrogen) atoms. The van der Waals surface area contributed by atoms with Crippen LogP contribution in [-0.2, 0) is 12.7 Å². The zero-order valence-electron chi connectivity index (χ0n) is 20.6. The summed E-state index contributed by atoms with van der Waals surface area (Å²) in [5.41, 5.74) is 1.72. The molecule has 4 aromatic heterocycles. The van der Waals surface area contributed by atoms with E-state index < -0.39 is 11.9 Å². The molecule has 5 aromatic rings. The highest BCUT2D eigenvalue weighted by atomic mass is 19.4. The smallest absolute Gasteiger partial charge is 0.433 e. The monoisotopic (exact) mass is 531 g/mol. The Kier molecular flexibility index (Phi) is 6.01. The van der Waals surface area contributed by atoms with Gasteiger partial charge in [0.05, 0.1) is 19.3 Å². The van der Waals surface area contributed by atoms with Crippen LogP contribution in [0.4, 0.5) is 13.2 Å². The minimum atomic E-state index is -4.57. The highest BCUT2D eigenvalue weighted by Gasteiger charge is 2.33. The van der Waals surface area contributed by atoms with Crippen LogP contribution in [0, 0.1) is 0 Å². The van der Waals surface area contributed by atoms with Crippen molar-refractivity contribution in [3.05, 3.63) is 88.5 Å². The summed E-state index contributed by atoms with van der Waals surface area (Å²) < 4.78 is 46.2. The van der Waals surface area contributed by atoms with Crippen molar-refractivity contribution in [1.82, 2.24) is 34.5 Å². The van der Waals surface area contributed by atoms with E-state index in [1.807, 2.05) is 0 Å². The van der Waals surface area contributed by atoms with E-state index in [1.165, 1.54) is 24.1 Å². The van der Waals surface area contributed by atoms with Gasteiger partial charge in [0.15, 0.2) is 11.6 Å². The molecule has 1 aliphatic carbocycles. The first-order valence-corrected chi connectivity index (χ1v) is 12.1. The molecule has 6 rings (SSSR count). The molecule has 1 saturated carbocycles. The van der Waals surface area contributed by atoms with E-state index in [0.717, 1.165) is 36.4 Å². The first-order chi connectivity index (χ1) is 18.8. The van der Waals surface area contributed by atoms with Crippen LogP contribution in [0.1, 0.15) is 35.7 Å². The van der Waals surface area contributed by atoms with Crippen molar-refractivity contribution in [3.8, 4) is 28.7 Å². The maximum atomic E-state index is 13.1. The van der Waals surface area contributed by atoms with Crippen LogP contribution in [-0.4, -0.2) is 41.6 Å². The molecule has 12 heteroatoms. The molecule has 0 N–H and O–H groups in total. The number of benzene rings is 1. The summed E-state index contributed by atoms with van der Waals surface area (Å²) >= 11 is 0. The quantitative estimate of drug-likeness (QED) is 0.311. The van der Waals surface area contributed by atoms with Gasteiger partial charge in [0.25, 0.3) is 5.56 Å². The van der Waals surface area contributed by atoms with Crippen LogP contribution in [0.25, 0.3) is 33.8 Å². The molecular weight excluding hydrogens is 511 g/mol. The molecule has 0 aliphatic heterocycles. The Morgan fingerprint density at radius 2 is 1.74 bits per heavy atom. The predicted octanol–water partition coefficient (Wildman–Crippen LogP) is 4.66. The van der Waals surface area contributed by atoms with E-state index in [1.54, 1.807) is 36.5 Å². The van der Waals surface area contributed by atoms with Gasteiger partial charge >= 0.3 is 6.18 Å². The Balaban J connectivity index is 1.37. The van der Waals surface area contributed by atoms with E-state index in [0.29, 0.717) is 33.9 Å². The molecule has 0 spiro atoms. The van der Waals surface area contributed by atoms with Crippen molar-refractivity contribution < 1.29 is 17.9 Å². The average Bonchev–Trinajstić information content (AvgIpc) is 3.80. The number of ether oxygens (including phenoxy) is 1. The molecule has 0 bridgehead atoms. The Hall–Kier alpha value is -4.74. The van der Waals surface area contributed by atoms with Gasteiger partial charge in [0.1, 0.15) is 23.2 Å². The minimum absolute atomic E-state index is 0.0402. The van der Waals surface area contributed by atoms with E-state index >= 15 is 0 Å². The molecule has 1 fully saturated rings. The van der Waals surface area contributed by atoms with Gasteiger partial charge in [-0.15, -0.1) is 0 Å². The lowest BCUT2D eigenvalue weighted by molar-refractivity contribution is -0.141. The number of halogens is 3. The summed E-state index contributed by atoms with van der Waals surface area (Å²) in [6.07, 6.45) is 1.63. The minimum Gasteiger partial charge on any atom is -0.480 e. The number of hydrogen-bond acceptors (Lipinski definition) is 8. The summed E-state index contributed by atoms with van der Waals surface area (Å²) in [7, 11) is 1.52. The van der Waals surface area contributed by atoms with Gasteiger partial charge in [-0.3, -0.25) is 9.36 Å². The van der Waals surface area contributed by atoms with Crippen molar-refractivity contribution in [3.63, 3.8) is 0 Å². The highest BCUT2D eigenvalue weighted by molar-refractivity contribution is 5.78.